The second-order valence-electron chi connectivity index (χ2n) is 4.65. The van der Waals surface area contributed by atoms with Crippen LogP contribution in [-0.2, 0) is 4.79 Å². The highest BCUT2D eigenvalue weighted by Gasteiger charge is 2.13. The van der Waals surface area contributed by atoms with Crippen molar-refractivity contribution in [2.45, 2.75) is 45.7 Å². The molecule has 0 aliphatic rings. The molecule has 0 aliphatic carbocycles. The molecule has 2 unspecified atom stereocenters. The van der Waals surface area contributed by atoms with Crippen LogP contribution in [0.1, 0.15) is 33.6 Å². The van der Waals surface area contributed by atoms with Gasteiger partial charge in [-0.05, 0) is 53.9 Å². The van der Waals surface area contributed by atoms with E-state index in [1.54, 1.807) is 0 Å². The second-order valence-corrected chi connectivity index (χ2v) is 4.65. The van der Waals surface area contributed by atoms with E-state index in [1.165, 1.54) is 0 Å². The summed E-state index contributed by atoms with van der Waals surface area (Å²) in [6.07, 6.45) is 2.03. The van der Waals surface area contributed by atoms with Crippen LogP contribution in [0, 0.1) is 0 Å². The van der Waals surface area contributed by atoms with Crippen LogP contribution in [0.2, 0.25) is 0 Å². The molecule has 4 nitrogen and oxygen atoms in total. The summed E-state index contributed by atoms with van der Waals surface area (Å²) in [5.74, 6) is 0.0965. The maximum atomic E-state index is 11.7. The lowest BCUT2D eigenvalue weighted by Gasteiger charge is -2.18. The highest BCUT2D eigenvalue weighted by Crippen LogP contribution is 1.91. The molecule has 2 N–H and O–H groups in total. The van der Waals surface area contributed by atoms with Crippen molar-refractivity contribution in [3.63, 3.8) is 0 Å². The van der Waals surface area contributed by atoms with Crippen molar-refractivity contribution >= 4 is 5.91 Å². The minimum absolute atomic E-state index is 0.0965. The smallest absolute Gasteiger partial charge is 0.237 e. The Hall–Kier alpha value is -0.610. The van der Waals surface area contributed by atoms with E-state index in [-0.39, 0.29) is 18.0 Å². The highest BCUT2D eigenvalue weighted by molar-refractivity contribution is 5.81. The molecule has 96 valence electrons. The Balaban J connectivity index is 3.63. The van der Waals surface area contributed by atoms with Gasteiger partial charge in [0, 0.05) is 6.04 Å². The zero-order valence-electron chi connectivity index (χ0n) is 11.3. The van der Waals surface area contributed by atoms with Gasteiger partial charge in [0.05, 0.1) is 6.04 Å². The lowest BCUT2D eigenvalue weighted by atomic mass is 10.2. The van der Waals surface area contributed by atoms with Crippen LogP contribution in [0.15, 0.2) is 0 Å². The Morgan fingerprint density at radius 1 is 1.31 bits per heavy atom. The second kappa shape index (κ2) is 8.53. The molecule has 0 heterocycles. The summed E-state index contributed by atoms with van der Waals surface area (Å²) in [5, 5.41) is 6.20. The molecule has 1 amide bonds. The molecular weight excluding hydrogens is 202 g/mol. The van der Waals surface area contributed by atoms with Crippen LogP contribution in [0.3, 0.4) is 0 Å². The summed E-state index contributed by atoms with van der Waals surface area (Å²) in [4.78, 5) is 13.8. The number of amides is 1. The van der Waals surface area contributed by atoms with Gasteiger partial charge in [-0.1, -0.05) is 6.92 Å². The number of hydrogen-bond donors (Lipinski definition) is 2. The molecule has 0 aliphatic heterocycles. The summed E-state index contributed by atoms with van der Waals surface area (Å²) in [7, 11) is 4.11. The van der Waals surface area contributed by atoms with E-state index >= 15 is 0 Å². The van der Waals surface area contributed by atoms with Gasteiger partial charge >= 0.3 is 0 Å². The minimum Gasteiger partial charge on any atom is -0.352 e. The molecule has 0 aromatic heterocycles. The van der Waals surface area contributed by atoms with Crippen molar-refractivity contribution in [2.24, 2.45) is 0 Å². The molecule has 0 spiro atoms. The van der Waals surface area contributed by atoms with Crippen molar-refractivity contribution in [1.29, 1.82) is 0 Å². The van der Waals surface area contributed by atoms with Gasteiger partial charge in [0.15, 0.2) is 0 Å². The lowest BCUT2D eigenvalue weighted by Crippen LogP contribution is -2.45. The van der Waals surface area contributed by atoms with E-state index in [4.69, 9.17) is 0 Å². The van der Waals surface area contributed by atoms with Gasteiger partial charge in [0.25, 0.3) is 0 Å². The van der Waals surface area contributed by atoms with Gasteiger partial charge in [-0.15, -0.1) is 0 Å². The quantitative estimate of drug-likeness (QED) is 0.606. The molecule has 0 aromatic carbocycles. The minimum atomic E-state index is -0.101. The first kappa shape index (κ1) is 15.4. The fraction of sp³-hybridized carbons (Fsp3) is 0.917. The van der Waals surface area contributed by atoms with Crippen molar-refractivity contribution in [2.75, 3.05) is 27.2 Å². The largest absolute Gasteiger partial charge is 0.352 e. The SMILES string of the molecule is CCC(C)NC(=O)C(C)NCCCN(C)C. The molecule has 4 heteroatoms. The fourth-order valence-electron chi connectivity index (χ4n) is 1.28. The average Bonchev–Trinajstić information content (AvgIpc) is 2.23. The monoisotopic (exact) mass is 229 g/mol. The first-order chi connectivity index (χ1) is 7.47. The molecule has 0 aromatic rings. The van der Waals surface area contributed by atoms with Gasteiger partial charge in [-0.3, -0.25) is 4.79 Å². The Morgan fingerprint density at radius 2 is 1.94 bits per heavy atom. The molecular formula is C12H27N3O. The average molecular weight is 229 g/mol. The third kappa shape index (κ3) is 7.65. The first-order valence-electron chi connectivity index (χ1n) is 6.15. The van der Waals surface area contributed by atoms with Crippen molar-refractivity contribution < 1.29 is 4.79 Å². The molecule has 0 saturated carbocycles. The van der Waals surface area contributed by atoms with Crippen LogP contribution in [0.25, 0.3) is 0 Å². The predicted molar refractivity (Wildman–Crippen MR) is 68.5 cm³/mol. The standard InChI is InChI=1S/C12H27N3O/c1-6-10(2)14-12(16)11(3)13-8-7-9-15(4)5/h10-11,13H,6-9H2,1-5H3,(H,14,16). The summed E-state index contributed by atoms with van der Waals surface area (Å²) in [5.41, 5.74) is 0. The topological polar surface area (TPSA) is 44.4 Å². The lowest BCUT2D eigenvalue weighted by molar-refractivity contribution is -0.123. The summed E-state index contributed by atoms with van der Waals surface area (Å²) >= 11 is 0. The Morgan fingerprint density at radius 3 is 2.44 bits per heavy atom. The first-order valence-corrected chi connectivity index (χ1v) is 6.15. The number of nitrogens with zero attached hydrogens (tertiary/aromatic N) is 1. The molecule has 0 saturated heterocycles. The Bertz CT molecular complexity index is 195. The van der Waals surface area contributed by atoms with E-state index < -0.39 is 0 Å². The molecule has 0 bridgehead atoms. The van der Waals surface area contributed by atoms with Crippen LogP contribution >= 0.6 is 0 Å². The number of hydrogen-bond acceptors (Lipinski definition) is 3. The molecule has 16 heavy (non-hydrogen) atoms. The number of carbonyl (C=O) groups excluding carboxylic acids is 1. The van der Waals surface area contributed by atoms with E-state index in [0.29, 0.717) is 0 Å². The van der Waals surface area contributed by atoms with Gasteiger partial charge < -0.3 is 15.5 Å². The van der Waals surface area contributed by atoms with E-state index in [0.717, 1.165) is 25.9 Å². The molecule has 0 rings (SSSR count). The maximum Gasteiger partial charge on any atom is 0.237 e. The predicted octanol–water partition coefficient (Wildman–Crippen LogP) is 0.831. The van der Waals surface area contributed by atoms with E-state index in [2.05, 4.69) is 36.6 Å². The van der Waals surface area contributed by atoms with Gasteiger partial charge in [-0.25, -0.2) is 0 Å². The summed E-state index contributed by atoms with van der Waals surface area (Å²) in [6.45, 7) is 7.93. The third-order valence-corrected chi connectivity index (χ3v) is 2.63. The van der Waals surface area contributed by atoms with Crippen LogP contribution in [0.5, 0.6) is 0 Å². The van der Waals surface area contributed by atoms with Crippen LogP contribution < -0.4 is 10.6 Å². The number of rotatable bonds is 8. The van der Waals surface area contributed by atoms with Gasteiger partial charge in [-0.2, -0.15) is 0 Å². The molecule has 0 fully saturated rings. The van der Waals surface area contributed by atoms with Crippen LogP contribution in [0.4, 0.5) is 0 Å². The third-order valence-electron chi connectivity index (χ3n) is 2.63. The molecule has 0 radical (unpaired) electrons. The van der Waals surface area contributed by atoms with Crippen molar-refractivity contribution in [1.82, 2.24) is 15.5 Å². The maximum absolute atomic E-state index is 11.7. The normalized spacial score (nSPS) is 14.9. The zero-order chi connectivity index (χ0) is 12.6. The summed E-state index contributed by atoms with van der Waals surface area (Å²) in [6, 6.07) is 0.162. The van der Waals surface area contributed by atoms with Gasteiger partial charge in [0.2, 0.25) is 5.91 Å². The molecule has 2 atom stereocenters. The van der Waals surface area contributed by atoms with Crippen LogP contribution in [-0.4, -0.2) is 50.1 Å². The highest BCUT2D eigenvalue weighted by atomic mass is 16.2. The summed E-state index contributed by atoms with van der Waals surface area (Å²) < 4.78 is 0. The zero-order valence-corrected chi connectivity index (χ0v) is 11.3. The Kier molecular flexibility index (Phi) is 8.21. The Labute approximate surface area is 99.8 Å². The van der Waals surface area contributed by atoms with E-state index in [1.807, 2.05) is 13.8 Å². The fourth-order valence-corrected chi connectivity index (χ4v) is 1.28. The van der Waals surface area contributed by atoms with Gasteiger partial charge in [0.1, 0.15) is 0 Å². The number of nitrogens with one attached hydrogen (secondary N) is 2. The van der Waals surface area contributed by atoms with E-state index in [9.17, 15) is 4.79 Å². The van der Waals surface area contributed by atoms with Crippen molar-refractivity contribution in [3.8, 4) is 0 Å². The number of carbonyl (C=O) groups is 1. The van der Waals surface area contributed by atoms with Crippen molar-refractivity contribution in [3.05, 3.63) is 0 Å².